The number of benzene rings is 1. The van der Waals surface area contributed by atoms with E-state index in [-0.39, 0.29) is 16.6 Å². The summed E-state index contributed by atoms with van der Waals surface area (Å²) in [6.45, 7) is 2.23. The Morgan fingerprint density at radius 2 is 2.11 bits per heavy atom. The second kappa shape index (κ2) is 5.41. The molecule has 0 aliphatic heterocycles. The molecule has 1 heterocycles. The van der Waals surface area contributed by atoms with Crippen molar-refractivity contribution in [3.05, 3.63) is 42.7 Å². The molecule has 1 unspecified atom stereocenters. The second-order valence-corrected chi connectivity index (χ2v) is 5.97. The molecule has 3 N–H and O–H groups in total. The van der Waals surface area contributed by atoms with Gasteiger partial charge < -0.3 is 5.73 Å². The van der Waals surface area contributed by atoms with E-state index in [1.165, 1.54) is 6.07 Å². The average molecular weight is 280 g/mol. The van der Waals surface area contributed by atoms with Crippen molar-refractivity contribution in [2.24, 2.45) is 0 Å². The van der Waals surface area contributed by atoms with Crippen molar-refractivity contribution < 1.29 is 8.42 Å². The van der Waals surface area contributed by atoms with Crippen LogP contribution in [0.5, 0.6) is 0 Å². The van der Waals surface area contributed by atoms with Gasteiger partial charge in [0, 0.05) is 18.4 Å². The Bertz CT molecular complexity index is 638. The van der Waals surface area contributed by atoms with E-state index < -0.39 is 10.0 Å². The number of anilines is 1. The Kier molecular flexibility index (Phi) is 3.87. The third-order valence-corrected chi connectivity index (χ3v) is 4.25. The molecule has 1 aromatic carbocycles. The van der Waals surface area contributed by atoms with Gasteiger partial charge in [-0.2, -0.15) is 5.10 Å². The predicted molar refractivity (Wildman–Crippen MR) is 72.9 cm³/mol. The van der Waals surface area contributed by atoms with E-state index in [1.54, 1.807) is 48.3 Å². The van der Waals surface area contributed by atoms with Crippen molar-refractivity contribution in [1.29, 1.82) is 0 Å². The van der Waals surface area contributed by atoms with Gasteiger partial charge in [0.2, 0.25) is 10.0 Å². The number of nitrogens with two attached hydrogens (primary N) is 1. The monoisotopic (exact) mass is 280 g/mol. The van der Waals surface area contributed by atoms with Gasteiger partial charge in [-0.3, -0.25) is 4.68 Å². The van der Waals surface area contributed by atoms with Gasteiger partial charge in [-0.25, -0.2) is 13.1 Å². The Morgan fingerprint density at radius 1 is 1.37 bits per heavy atom. The van der Waals surface area contributed by atoms with Crippen molar-refractivity contribution in [3.63, 3.8) is 0 Å². The summed E-state index contributed by atoms with van der Waals surface area (Å²) in [6.07, 6.45) is 3.43. The number of para-hydroxylation sites is 1. The fourth-order valence-corrected chi connectivity index (χ4v) is 3.15. The van der Waals surface area contributed by atoms with Gasteiger partial charge in [-0.05, 0) is 25.1 Å². The van der Waals surface area contributed by atoms with Crippen LogP contribution in [0.25, 0.3) is 0 Å². The van der Waals surface area contributed by atoms with E-state index in [9.17, 15) is 8.42 Å². The fourth-order valence-electron chi connectivity index (χ4n) is 1.78. The minimum absolute atomic E-state index is 0.0994. The van der Waals surface area contributed by atoms with Crippen molar-refractivity contribution in [3.8, 4) is 0 Å². The van der Waals surface area contributed by atoms with Crippen LogP contribution in [0.2, 0.25) is 0 Å². The standard InChI is InChI=1S/C12H16N4O2S/c1-10(9-16-8-4-7-14-16)15-19(17,18)12-6-3-2-5-11(12)13/h2-8,10,15H,9,13H2,1H3. The average Bonchev–Trinajstić information content (AvgIpc) is 2.81. The Labute approximate surface area is 112 Å². The Hall–Kier alpha value is -1.86. The molecule has 2 aromatic rings. The molecule has 0 radical (unpaired) electrons. The molecule has 0 amide bonds. The summed E-state index contributed by atoms with van der Waals surface area (Å²) in [7, 11) is -3.61. The third-order valence-electron chi connectivity index (χ3n) is 2.58. The zero-order valence-electron chi connectivity index (χ0n) is 10.5. The van der Waals surface area contributed by atoms with E-state index in [2.05, 4.69) is 9.82 Å². The third kappa shape index (κ3) is 3.33. The van der Waals surface area contributed by atoms with E-state index in [0.29, 0.717) is 6.54 Å². The van der Waals surface area contributed by atoms with Gasteiger partial charge in [0.25, 0.3) is 0 Å². The number of hydrogen-bond donors (Lipinski definition) is 2. The highest BCUT2D eigenvalue weighted by molar-refractivity contribution is 7.89. The molecule has 0 fully saturated rings. The number of sulfonamides is 1. The van der Waals surface area contributed by atoms with Gasteiger partial charge in [-0.15, -0.1) is 0 Å². The molecule has 0 saturated carbocycles. The minimum atomic E-state index is -3.61. The fraction of sp³-hybridized carbons (Fsp3) is 0.250. The summed E-state index contributed by atoms with van der Waals surface area (Å²) in [4.78, 5) is 0.0994. The molecule has 6 nitrogen and oxygen atoms in total. The van der Waals surface area contributed by atoms with Gasteiger partial charge >= 0.3 is 0 Å². The second-order valence-electron chi connectivity index (χ2n) is 4.29. The van der Waals surface area contributed by atoms with Crippen LogP contribution in [-0.4, -0.2) is 24.2 Å². The summed E-state index contributed by atoms with van der Waals surface area (Å²) in [5.41, 5.74) is 5.92. The normalized spacial score (nSPS) is 13.3. The molecule has 0 aliphatic rings. The molecule has 0 aliphatic carbocycles. The molecule has 0 spiro atoms. The molecule has 2 rings (SSSR count). The van der Waals surface area contributed by atoms with Gasteiger partial charge in [0.05, 0.1) is 12.2 Å². The number of hydrogen-bond acceptors (Lipinski definition) is 4. The first kappa shape index (κ1) is 13.6. The zero-order chi connectivity index (χ0) is 13.9. The molecule has 7 heteroatoms. The highest BCUT2D eigenvalue weighted by Gasteiger charge is 2.19. The van der Waals surface area contributed by atoms with Crippen LogP contribution in [-0.2, 0) is 16.6 Å². The molecular weight excluding hydrogens is 264 g/mol. The van der Waals surface area contributed by atoms with Crippen LogP contribution < -0.4 is 10.5 Å². The van der Waals surface area contributed by atoms with Gasteiger partial charge in [-0.1, -0.05) is 12.1 Å². The zero-order valence-corrected chi connectivity index (χ0v) is 11.3. The van der Waals surface area contributed by atoms with E-state index >= 15 is 0 Å². The van der Waals surface area contributed by atoms with E-state index in [4.69, 9.17) is 5.73 Å². The van der Waals surface area contributed by atoms with Crippen LogP contribution in [0.3, 0.4) is 0 Å². The maximum Gasteiger partial charge on any atom is 0.242 e. The molecule has 1 atom stereocenters. The first-order valence-electron chi connectivity index (χ1n) is 5.83. The number of nitrogens with one attached hydrogen (secondary N) is 1. The van der Waals surface area contributed by atoms with Crippen LogP contribution >= 0.6 is 0 Å². The lowest BCUT2D eigenvalue weighted by Crippen LogP contribution is -2.36. The largest absolute Gasteiger partial charge is 0.398 e. The van der Waals surface area contributed by atoms with Crippen LogP contribution in [0.15, 0.2) is 47.6 Å². The molecule has 0 saturated heterocycles. The maximum atomic E-state index is 12.2. The highest BCUT2D eigenvalue weighted by Crippen LogP contribution is 2.17. The van der Waals surface area contributed by atoms with Crippen molar-refractivity contribution in [1.82, 2.24) is 14.5 Å². The van der Waals surface area contributed by atoms with Crippen molar-refractivity contribution in [2.45, 2.75) is 24.4 Å². The van der Waals surface area contributed by atoms with Crippen LogP contribution in [0.4, 0.5) is 5.69 Å². The topological polar surface area (TPSA) is 90.0 Å². The lowest BCUT2D eigenvalue weighted by atomic mass is 10.3. The highest BCUT2D eigenvalue weighted by atomic mass is 32.2. The molecule has 1 aromatic heterocycles. The van der Waals surface area contributed by atoms with Gasteiger partial charge in [0.1, 0.15) is 4.90 Å². The molecule has 19 heavy (non-hydrogen) atoms. The lowest BCUT2D eigenvalue weighted by Gasteiger charge is -2.15. The number of rotatable bonds is 5. The Morgan fingerprint density at radius 3 is 2.74 bits per heavy atom. The van der Waals surface area contributed by atoms with Crippen molar-refractivity contribution >= 4 is 15.7 Å². The maximum absolute atomic E-state index is 12.2. The lowest BCUT2D eigenvalue weighted by molar-refractivity contribution is 0.494. The smallest absolute Gasteiger partial charge is 0.242 e. The van der Waals surface area contributed by atoms with Crippen molar-refractivity contribution in [2.75, 3.05) is 5.73 Å². The summed E-state index contributed by atoms with van der Waals surface area (Å²) in [6, 6.07) is 7.89. The first-order chi connectivity index (χ1) is 8.99. The quantitative estimate of drug-likeness (QED) is 0.794. The summed E-state index contributed by atoms with van der Waals surface area (Å²) >= 11 is 0. The number of aromatic nitrogens is 2. The number of nitrogen functional groups attached to an aromatic ring is 1. The molecular formula is C12H16N4O2S. The first-order valence-corrected chi connectivity index (χ1v) is 7.31. The van der Waals surface area contributed by atoms with Crippen LogP contribution in [0, 0.1) is 0 Å². The minimum Gasteiger partial charge on any atom is -0.398 e. The Balaban J connectivity index is 2.11. The number of nitrogens with zero attached hydrogens (tertiary/aromatic N) is 2. The summed E-state index contributed by atoms with van der Waals surface area (Å²) < 4.78 is 28.6. The molecule has 102 valence electrons. The van der Waals surface area contributed by atoms with Crippen LogP contribution in [0.1, 0.15) is 6.92 Å². The van der Waals surface area contributed by atoms with Gasteiger partial charge in [0.15, 0.2) is 0 Å². The summed E-state index contributed by atoms with van der Waals surface area (Å²) in [5, 5.41) is 4.03. The summed E-state index contributed by atoms with van der Waals surface area (Å²) in [5.74, 6) is 0. The predicted octanol–water partition coefficient (Wildman–Crippen LogP) is 0.832. The van der Waals surface area contributed by atoms with E-state index in [0.717, 1.165) is 0 Å². The van der Waals surface area contributed by atoms with E-state index in [1.807, 2.05) is 0 Å². The molecule has 0 bridgehead atoms. The SMILES string of the molecule is CC(Cn1cccn1)NS(=O)(=O)c1ccccc1N.